The minimum Gasteiger partial charge on any atom is -0.337 e. The van der Waals surface area contributed by atoms with Gasteiger partial charge in [-0.05, 0) is 50.9 Å². The topological polar surface area (TPSA) is 67.2 Å². The summed E-state index contributed by atoms with van der Waals surface area (Å²) in [5, 5.41) is 8.97. The molecule has 2 aromatic heterocycles. The number of carbonyl (C=O) groups excluding carboxylic acids is 1. The summed E-state index contributed by atoms with van der Waals surface area (Å²) < 4.78 is 2.15. The second kappa shape index (κ2) is 8.17. The molecule has 7 heteroatoms. The van der Waals surface area contributed by atoms with Crippen LogP contribution in [0.25, 0.3) is 0 Å². The number of carbonyl (C=O) groups is 1. The van der Waals surface area contributed by atoms with E-state index in [2.05, 4.69) is 31.7 Å². The van der Waals surface area contributed by atoms with E-state index in [1.54, 1.807) is 12.3 Å². The molecule has 4 heterocycles. The van der Waals surface area contributed by atoms with Gasteiger partial charge in [-0.15, -0.1) is 10.2 Å². The zero-order chi connectivity index (χ0) is 18.6. The van der Waals surface area contributed by atoms with Gasteiger partial charge in [-0.3, -0.25) is 14.7 Å². The van der Waals surface area contributed by atoms with Crippen LogP contribution >= 0.6 is 0 Å². The Morgan fingerprint density at radius 1 is 1.11 bits per heavy atom. The fourth-order valence-corrected chi connectivity index (χ4v) is 4.21. The lowest BCUT2D eigenvalue weighted by molar-refractivity contribution is 0.0697. The van der Waals surface area contributed by atoms with Gasteiger partial charge in [0.05, 0.1) is 6.54 Å². The van der Waals surface area contributed by atoms with Gasteiger partial charge < -0.3 is 9.47 Å². The second-order valence-corrected chi connectivity index (χ2v) is 7.68. The molecule has 0 spiro atoms. The average molecular weight is 368 g/mol. The van der Waals surface area contributed by atoms with Crippen LogP contribution in [0.3, 0.4) is 0 Å². The largest absolute Gasteiger partial charge is 0.337 e. The summed E-state index contributed by atoms with van der Waals surface area (Å²) in [7, 11) is 2.06. The number of likely N-dealkylation sites (tertiary alicyclic amines) is 2. The maximum absolute atomic E-state index is 12.7. The molecule has 0 bridgehead atoms. The molecule has 1 atom stereocenters. The molecule has 0 aliphatic carbocycles. The number of pyridine rings is 1. The van der Waals surface area contributed by atoms with Gasteiger partial charge in [0.1, 0.15) is 17.3 Å². The van der Waals surface area contributed by atoms with Crippen molar-refractivity contribution in [3.8, 4) is 0 Å². The molecule has 2 saturated heterocycles. The lowest BCUT2D eigenvalue weighted by Crippen LogP contribution is -2.40. The number of amides is 1. The van der Waals surface area contributed by atoms with Gasteiger partial charge in [0.2, 0.25) is 0 Å². The summed E-state index contributed by atoms with van der Waals surface area (Å²) in [5.41, 5.74) is 0.516. The molecule has 0 unspecified atom stereocenters. The molecule has 0 aromatic carbocycles. The van der Waals surface area contributed by atoms with Crippen molar-refractivity contribution in [1.82, 2.24) is 29.5 Å². The standard InChI is InChI=1S/C20H28N6O/c1-24-18(15-25-11-5-2-6-12-25)22-23-19(24)16-8-7-13-26(14-16)20(27)17-9-3-4-10-21-17/h3-4,9-10,16H,2,5-8,11-15H2,1H3/t16-/m0/s1. The quantitative estimate of drug-likeness (QED) is 0.828. The van der Waals surface area contributed by atoms with Crippen molar-refractivity contribution in [3.05, 3.63) is 41.7 Å². The molecule has 2 fully saturated rings. The van der Waals surface area contributed by atoms with Gasteiger partial charge in [0.25, 0.3) is 5.91 Å². The van der Waals surface area contributed by atoms with Gasteiger partial charge in [0.15, 0.2) is 0 Å². The van der Waals surface area contributed by atoms with Crippen molar-refractivity contribution in [1.29, 1.82) is 0 Å². The Kier molecular flexibility index (Phi) is 5.48. The molecule has 1 amide bonds. The van der Waals surface area contributed by atoms with Crippen LogP contribution in [0, 0.1) is 0 Å². The van der Waals surface area contributed by atoms with Crippen molar-refractivity contribution in [2.75, 3.05) is 26.2 Å². The molecular formula is C20H28N6O. The van der Waals surface area contributed by atoms with E-state index in [-0.39, 0.29) is 11.8 Å². The summed E-state index contributed by atoms with van der Waals surface area (Å²) in [6, 6.07) is 5.47. The third-order valence-electron chi connectivity index (χ3n) is 5.77. The van der Waals surface area contributed by atoms with Crippen LogP contribution in [-0.2, 0) is 13.6 Å². The van der Waals surface area contributed by atoms with E-state index in [1.165, 1.54) is 19.3 Å². The van der Waals surface area contributed by atoms with Gasteiger partial charge in [-0.25, -0.2) is 0 Å². The molecule has 7 nitrogen and oxygen atoms in total. The maximum Gasteiger partial charge on any atom is 0.272 e. The van der Waals surface area contributed by atoms with Gasteiger partial charge in [-0.1, -0.05) is 12.5 Å². The SMILES string of the molecule is Cn1c(CN2CCCCC2)nnc1[C@H]1CCCN(C(=O)c2ccccn2)C1. The van der Waals surface area contributed by atoms with Crippen molar-refractivity contribution in [2.45, 2.75) is 44.6 Å². The predicted octanol–water partition coefficient (Wildman–Crippen LogP) is 2.22. The summed E-state index contributed by atoms with van der Waals surface area (Å²) in [4.78, 5) is 21.3. The normalized spacial score (nSPS) is 21.4. The van der Waals surface area contributed by atoms with Gasteiger partial charge in [-0.2, -0.15) is 0 Å². The van der Waals surface area contributed by atoms with Crippen molar-refractivity contribution in [2.24, 2.45) is 7.05 Å². The van der Waals surface area contributed by atoms with Crippen molar-refractivity contribution < 1.29 is 4.79 Å². The van der Waals surface area contributed by atoms with Gasteiger partial charge in [0, 0.05) is 32.3 Å². The highest BCUT2D eigenvalue weighted by atomic mass is 16.2. The number of rotatable bonds is 4. The Morgan fingerprint density at radius 2 is 1.96 bits per heavy atom. The minimum absolute atomic E-state index is 0.0102. The molecule has 2 aliphatic rings. The van der Waals surface area contributed by atoms with Crippen molar-refractivity contribution in [3.63, 3.8) is 0 Å². The second-order valence-electron chi connectivity index (χ2n) is 7.68. The van der Waals surface area contributed by atoms with Crippen LogP contribution < -0.4 is 0 Å². The number of nitrogens with zero attached hydrogens (tertiary/aromatic N) is 6. The van der Waals surface area contributed by atoms with E-state index < -0.39 is 0 Å². The molecule has 0 radical (unpaired) electrons. The first-order chi connectivity index (χ1) is 13.2. The Morgan fingerprint density at radius 3 is 2.74 bits per heavy atom. The Balaban J connectivity index is 1.44. The number of piperidine rings is 2. The summed E-state index contributed by atoms with van der Waals surface area (Å²) in [6.07, 6.45) is 7.59. The highest BCUT2D eigenvalue weighted by molar-refractivity contribution is 5.92. The monoisotopic (exact) mass is 368 g/mol. The fraction of sp³-hybridized carbons (Fsp3) is 0.600. The number of aromatic nitrogens is 4. The molecule has 27 heavy (non-hydrogen) atoms. The van der Waals surface area contributed by atoms with Crippen LogP contribution in [0.5, 0.6) is 0 Å². The van der Waals surface area contributed by atoms with Gasteiger partial charge >= 0.3 is 0 Å². The smallest absolute Gasteiger partial charge is 0.272 e. The zero-order valence-electron chi connectivity index (χ0n) is 16.0. The first kappa shape index (κ1) is 18.1. The highest BCUT2D eigenvalue weighted by Gasteiger charge is 2.29. The third kappa shape index (κ3) is 4.03. The Labute approximate surface area is 160 Å². The Hall–Kier alpha value is -2.28. The van der Waals surface area contributed by atoms with E-state index in [1.807, 2.05) is 17.0 Å². The molecule has 144 valence electrons. The molecule has 0 N–H and O–H groups in total. The lowest BCUT2D eigenvalue weighted by Gasteiger charge is -2.32. The van der Waals surface area contributed by atoms with Crippen LogP contribution in [0.2, 0.25) is 0 Å². The number of hydrogen-bond donors (Lipinski definition) is 0. The highest BCUT2D eigenvalue weighted by Crippen LogP contribution is 2.27. The first-order valence-corrected chi connectivity index (χ1v) is 10.0. The zero-order valence-corrected chi connectivity index (χ0v) is 16.0. The van der Waals surface area contributed by atoms with Crippen LogP contribution in [0.1, 0.15) is 60.2 Å². The third-order valence-corrected chi connectivity index (χ3v) is 5.77. The van der Waals surface area contributed by atoms with Crippen molar-refractivity contribution >= 4 is 5.91 Å². The molecule has 2 aromatic rings. The molecule has 0 saturated carbocycles. The van der Waals surface area contributed by atoms with E-state index in [9.17, 15) is 4.79 Å². The molecule has 2 aliphatic heterocycles. The summed E-state index contributed by atoms with van der Waals surface area (Å²) in [5.74, 6) is 2.27. The Bertz CT molecular complexity index is 768. The van der Waals surface area contributed by atoms with E-state index in [0.717, 1.165) is 50.7 Å². The fourth-order valence-electron chi connectivity index (χ4n) is 4.21. The summed E-state index contributed by atoms with van der Waals surface area (Å²) >= 11 is 0. The summed E-state index contributed by atoms with van der Waals surface area (Å²) in [6.45, 7) is 4.64. The van der Waals surface area contributed by atoms with Crippen LogP contribution in [0.15, 0.2) is 24.4 Å². The van der Waals surface area contributed by atoms with E-state index in [0.29, 0.717) is 12.2 Å². The van der Waals surface area contributed by atoms with E-state index >= 15 is 0 Å². The predicted molar refractivity (Wildman–Crippen MR) is 102 cm³/mol. The minimum atomic E-state index is 0.0102. The van der Waals surface area contributed by atoms with Crippen LogP contribution in [0.4, 0.5) is 0 Å². The number of hydrogen-bond acceptors (Lipinski definition) is 5. The maximum atomic E-state index is 12.7. The average Bonchev–Trinajstić information content (AvgIpc) is 3.09. The van der Waals surface area contributed by atoms with Crippen LogP contribution in [-0.4, -0.2) is 61.6 Å². The first-order valence-electron chi connectivity index (χ1n) is 10.0. The van der Waals surface area contributed by atoms with E-state index in [4.69, 9.17) is 0 Å². The lowest BCUT2D eigenvalue weighted by atomic mass is 9.97. The molecule has 4 rings (SSSR count). The molecular weight excluding hydrogens is 340 g/mol.